The predicted molar refractivity (Wildman–Crippen MR) is 77.3 cm³/mol. The van der Waals surface area contributed by atoms with Crippen LogP contribution in [0.3, 0.4) is 0 Å². The maximum Gasteiger partial charge on any atom is 0.253 e. The largest absolute Gasteiger partial charge is 0.336 e. The Kier molecular flexibility index (Phi) is 3.00. The molecule has 5 heteroatoms. The number of rotatable bonds is 3. The molecule has 0 atom stereocenters. The molecule has 0 aliphatic heterocycles. The fourth-order valence-electron chi connectivity index (χ4n) is 2.00. The van der Waals surface area contributed by atoms with Gasteiger partial charge in [0.2, 0.25) is 0 Å². The first-order valence-electron chi connectivity index (χ1n) is 6.22. The molecule has 1 saturated carbocycles. The summed E-state index contributed by atoms with van der Waals surface area (Å²) in [4.78, 5) is 12.3. The van der Waals surface area contributed by atoms with Gasteiger partial charge in [-0.15, -0.1) is 6.42 Å². The van der Waals surface area contributed by atoms with E-state index < -0.39 is 5.54 Å². The van der Waals surface area contributed by atoms with Crippen molar-refractivity contribution in [1.82, 2.24) is 15.5 Å². The average molecular weight is 286 g/mol. The van der Waals surface area contributed by atoms with Crippen LogP contribution in [0, 0.1) is 12.3 Å². The number of halogens is 1. The van der Waals surface area contributed by atoms with Gasteiger partial charge in [0.25, 0.3) is 5.91 Å². The molecule has 1 heterocycles. The van der Waals surface area contributed by atoms with Crippen molar-refractivity contribution in [3.05, 3.63) is 41.2 Å². The lowest BCUT2D eigenvalue weighted by Crippen LogP contribution is -2.35. The Labute approximate surface area is 121 Å². The highest BCUT2D eigenvalue weighted by Crippen LogP contribution is 2.35. The van der Waals surface area contributed by atoms with Gasteiger partial charge in [-0.2, -0.15) is 5.10 Å². The summed E-state index contributed by atoms with van der Waals surface area (Å²) in [6.07, 6.45) is 10.5. The first-order chi connectivity index (χ1) is 9.63. The SMILES string of the molecule is C#CC1(NC(=O)c2cc(-c3cn[nH]c3)ccc2Cl)CC1. The van der Waals surface area contributed by atoms with Crippen molar-refractivity contribution in [1.29, 1.82) is 0 Å². The second-order valence-electron chi connectivity index (χ2n) is 4.86. The quantitative estimate of drug-likeness (QED) is 0.852. The summed E-state index contributed by atoms with van der Waals surface area (Å²) in [6.45, 7) is 0. The number of terminal acetylenes is 1. The summed E-state index contributed by atoms with van der Waals surface area (Å²) in [7, 11) is 0. The molecule has 1 aromatic heterocycles. The fraction of sp³-hybridized carbons (Fsp3) is 0.200. The van der Waals surface area contributed by atoms with E-state index in [1.54, 1.807) is 24.5 Å². The van der Waals surface area contributed by atoms with E-state index in [1.165, 1.54) is 0 Å². The number of hydrogen-bond acceptors (Lipinski definition) is 2. The molecule has 3 rings (SSSR count). The lowest BCUT2D eigenvalue weighted by atomic mass is 10.1. The van der Waals surface area contributed by atoms with Gasteiger partial charge in [0.15, 0.2) is 0 Å². The normalized spacial score (nSPS) is 15.4. The molecule has 2 N–H and O–H groups in total. The summed E-state index contributed by atoms with van der Waals surface area (Å²) in [5.74, 6) is 2.38. The van der Waals surface area contributed by atoms with Gasteiger partial charge in [-0.05, 0) is 30.5 Å². The molecule has 20 heavy (non-hydrogen) atoms. The second-order valence-corrected chi connectivity index (χ2v) is 5.27. The van der Waals surface area contributed by atoms with Gasteiger partial charge < -0.3 is 5.32 Å². The van der Waals surface area contributed by atoms with Crippen LogP contribution >= 0.6 is 11.6 Å². The van der Waals surface area contributed by atoms with E-state index in [0.717, 1.165) is 24.0 Å². The van der Waals surface area contributed by atoms with Crippen LogP contribution in [0.1, 0.15) is 23.2 Å². The third-order valence-electron chi connectivity index (χ3n) is 3.42. The van der Waals surface area contributed by atoms with Gasteiger partial charge in [-0.25, -0.2) is 0 Å². The van der Waals surface area contributed by atoms with E-state index in [4.69, 9.17) is 18.0 Å². The number of nitrogens with zero attached hydrogens (tertiary/aromatic N) is 1. The van der Waals surface area contributed by atoms with Crippen molar-refractivity contribution in [3.63, 3.8) is 0 Å². The summed E-state index contributed by atoms with van der Waals surface area (Å²) < 4.78 is 0. The number of amides is 1. The molecular formula is C15H12ClN3O. The van der Waals surface area contributed by atoms with Crippen LogP contribution in [0.15, 0.2) is 30.6 Å². The zero-order valence-corrected chi connectivity index (χ0v) is 11.4. The maximum absolute atomic E-state index is 12.3. The number of H-pyrrole nitrogens is 1. The fourth-order valence-corrected chi connectivity index (χ4v) is 2.21. The minimum atomic E-state index is -0.480. The highest BCUT2D eigenvalue weighted by atomic mass is 35.5. The van der Waals surface area contributed by atoms with Crippen molar-refractivity contribution >= 4 is 17.5 Å². The Balaban J connectivity index is 1.91. The number of nitrogens with one attached hydrogen (secondary N) is 2. The Morgan fingerprint density at radius 3 is 2.85 bits per heavy atom. The molecule has 1 fully saturated rings. The number of benzene rings is 1. The van der Waals surface area contributed by atoms with Gasteiger partial charge in [-0.3, -0.25) is 9.89 Å². The molecule has 0 bridgehead atoms. The number of carbonyl (C=O) groups excluding carboxylic acids is 1. The first kappa shape index (κ1) is 12.8. The minimum absolute atomic E-state index is 0.240. The van der Waals surface area contributed by atoms with Crippen LogP contribution in [0.4, 0.5) is 0 Å². The Hall–Kier alpha value is -2.25. The molecule has 1 aliphatic rings. The number of hydrogen-bond donors (Lipinski definition) is 2. The van der Waals surface area contributed by atoms with Gasteiger partial charge >= 0.3 is 0 Å². The molecule has 0 radical (unpaired) electrons. The van der Waals surface area contributed by atoms with Crippen molar-refractivity contribution in [2.45, 2.75) is 18.4 Å². The van der Waals surface area contributed by atoms with E-state index in [1.807, 2.05) is 6.07 Å². The molecule has 100 valence electrons. The maximum atomic E-state index is 12.3. The van der Waals surface area contributed by atoms with E-state index in [-0.39, 0.29) is 5.91 Å². The molecular weight excluding hydrogens is 274 g/mol. The number of aromatic nitrogens is 2. The van der Waals surface area contributed by atoms with Crippen molar-refractivity contribution in [2.24, 2.45) is 0 Å². The van der Waals surface area contributed by atoms with Crippen molar-refractivity contribution in [3.8, 4) is 23.5 Å². The molecule has 1 amide bonds. The smallest absolute Gasteiger partial charge is 0.253 e. The summed E-state index contributed by atoms with van der Waals surface area (Å²) >= 11 is 6.11. The lowest BCUT2D eigenvalue weighted by molar-refractivity contribution is 0.0942. The van der Waals surface area contributed by atoms with Crippen LogP contribution in [0.25, 0.3) is 11.1 Å². The van der Waals surface area contributed by atoms with Crippen LogP contribution in [0.5, 0.6) is 0 Å². The van der Waals surface area contributed by atoms with Crippen LogP contribution in [0.2, 0.25) is 5.02 Å². The second kappa shape index (κ2) is 4.69. The standard InChI is InChI=1S/C15H12ClN3O/c1-2-15(5-6-15)19-14(20)12-7-10(3-4-13(12)16)11-8-17-18-9-11/h1,3-4,7-9H,5-6H2,(H,17,18)(H,19,20). The average Bonchev–Trinajstić information content (AvgIpc) is 3.01. The Morgan fingerprint density at radius 1 is 1.45 bits per heavy atom. The third kappa shape index (κ3) is 2.28. The zero-order chi connectivity index (χ0) is 14.2. The topological polar surface area (TPSA) is 57.8 Å². The van der Waals surface area contributed by atoms with E-state index in [0.29, 0.717) is 10.6 Å². The lowest BCUT2D eigenvalue weighted by Gasteiger charge is -2.12. The van der Waals surface area contributed by atoms with Gasteiger partial charge in [0, 0.05) is 11.8 Å². The molecule has 4 nitrogen and oxygen atoms in total. The Bertz CT molecular complexity index is 696. The third-order valence-corrected chi connectivity index (χ3v) is 3.75. The van der Waals surface area contributed by atoms with Crippen molar-refractivity contribution < 1.29 is 4.79 Å². The molecule has 0 saturated heterocycles. The van der Waals surface area contributed by atoms with Crippen LogP contribution < -0.4 is 5.32 Å². The van der Waals surface area contributed by atoms with E-state index in [9.17, 15) is 4.79 Å². The summed E-state index contributed by atoms with van der Waals surface area (Å²) in [5.41, 5.74) is 1.71. The minimum Gasteiger partial charge on any atom is -0.336 e. The summed E-state index contributed by atoms with van der Waals surface area (Å²) in [5, 5.41) is 9.90. The monoisotopic (exact) mass is 285 g/mol. The highest BCUT2D eigenvalue weighted by Gasteiger charge is 2.42. The molecule has 0 spiro atoms. The van der Waals surface area contributed by atoms with Gasteiger partial charge in [-0.1, -0.05) is 23.6 Å². The zero-order valence-electron chi connectivity index (χ0n) is 10.6. The molecule has 1 aliphatic carbocycles. The first-order valence-corrected chi connectivity index (χ1v) is 6.60. The van der Waals surface area contributed by atoms with Gasteiger partial charge in [0.1, 0.15) is 5.54 Å². The molecule has 1 aromatic carbocycles. The van der Waals surface area contributed by atoms with E-state index in [2.05, 4.69) is 21.4 Å². The summed E-state index contributed by atoms with van der Waals surface area (Å²) in [6, 6.07) is 5.29. The van der Waals surface area contributed by atoms with Crippen molar-refractivity contribution in [2.75, 3.05) is 0 Å². The van der Waals surface area contributed by atoms with Crippen LogP contribution in [-0.2, 0) is 0 Å². The van der Waals surface area contributed by atoms with E-state index >= 15 is 0 Å². The molecule has 0 unspecified atom stereocenters. The predicted octanol–water partition coefficient (Wildman–Crippen LogP) is 2.63. The number of aromatic amines is 1. The number of carbonyl (C=O) groups is 1. The highest BCUT2D eigenvalue weighted by molar-refractivity contribution is 6.34. The van der Waals surface area contributed by atoms with Crippen LogP contribution in [-0.4, -0.2) is 21.6 Å². The Morgan fingerprint density at radius 2 is 2.25 bits per heavy atom. The molecule has 2 aromatic rings. The van der Waals surface area contributed by atoms with Gasteiger partial charge in [0.05, 0.1) is 16.8 Å².